The summed E-state index contributed by atoms with van der Waals surface area (Å²) in [6.45, 7) is 3.74. The normalized spacial score (nSPS) is 13.3. The zero-order valence-electron chi connectivity index (χ0n) is 16.9. The number of methoxy groups -OCH3 is 1. The van der Waals surface area contributed by atoms with Gasteiger partial charge < -0.3 is 20.3 Å². The molecule has 3 rings (SSSR count). The summed E-state index contributed by atoms with van der Waals surface area (Å²) in [6.07, 6.45) is 2.93. The number of likely N-dealkylation sites (tertiary alicyclic amines) is 1. The Morgan fingerprint density at radius 3 is 2.55 bits per heavy atom. The van der Waals surface area contributed by atoms with Crippen molar-refractivity contribution in [1.82, 2.24) is 15.5 Å². The van der Waals surface area contributed by atoms with E-state index in [0.29, 0.717) is 17.7 Å². The summed E-state index contributed by atoms with van der Waals surface area (Å²) in [5.41, 5.74) is 2.27. The lowest BCUT2D eigenvalue weighted by atomic mass is 10.1. The quantitative estimate of drug-likeness (QED) is 0.641. The number of hydrogen-bond donors (Lipinski definition) is 2. The summed E-state index contributed by atoms with van der Waals surface area (Å²) in [5, 5.41) is 6.29. The Morgan fingerprint density at radius 2 is 1.76 bits per heavy atom. The van der Waals surface area contributed by atoms with Crippen molar-refractivity contribution in [2.24, 2.45) is 0 Å². The molecule has 0 bridgehead atoms. The van der Waals surface area contributed by atoms with Gasteiger partial charge in [0.05, 0.1) is 7.11 Å². The molecule has 0 atom stereocenters. The van der Waals surface area contributed by atoms with Gasteiger partial charge in [0.2, 0.25) is 0 Å². The molecule has 0 aliphatic carbocycles. The van der Waals surface area contributed by atoms with Crippen molar-refractivity contribution in [2.45, 2.75) is 25.8 Å². The van der Waals surface area contributed by atoms with Crippen LogP contribution in [0.2, 0.25) is 0 Å². The summed E-state index contributed by atoms with van der Waals surface area (Å²) in [6, 6.07) is 14.9. The van der Waals surface area contributed by atoms with Crippen LogP contribution in [0.25, 0.3) is 0 Å². The molecule has 2 aromatic rings. The van der Waals surface area contributed by atoms with Gasteiger partial charge in [-0.05, 0) is 61.7 Å². The Morgan fingerprint density at radius 1 is 1.00 bits per heavy atom. The maximum absolute atomic E-state index is 12.5. The van der Waals surface area contributed by atoms with Gasteiger partial charge in [0.1, 0.15) is 5.75 Å². The van der Waals surface area contributed by atoms with Crippen LogP contribution in [-0.2, 0) is 6.54 Å². The highest BCUT2D eigenvalue weighted by atomic mass is 16.5. The van der Waals surface area contributed by atoms with Crippen LogP contribution in [-0.4, -0.2) is 50.0 Å². The SMILES string of the molecule is COc1cccc(CNCCCNC(=O)c2cccc(C(=O)N3CCCC3)c2)c1. The zero-order chi connectivity index (χ0) is 20.5. The molecular formula is C23H29N3O3. The average molecular weight is 396 g/mol. The lowest BCUT2D eigenvalue weighted by Gasteiger charge is -2.15. The van der Waals surface area contributed by atoms with E-state index in [9.17, 15) is 9.59 Å². The number of carbonyl (C=O) groups is 2. The number of rotatable bonds is 9. The molecule has 1 fully saturated rings. The minimum Gasteiger partial charge on any atom is -0.497 e. The number of nitrogens with one attached hydrogen (secondary N) is 2. The van der Waals surface area contributed by atoms with E-state index < -0.39 is 0 Å². The van der Waals surface area contributed by atoms with Crippen molar-refractivity contribution < 1.29 is 14.3 Å². The summed E-state index contributed by atoms with van der Waals surface area (Å²) >= 11 is 0. The molecule has 0 aromatic heterocycles. The van der Waals surface area contributed by atoms with Gasteiger partial charge in [0.25, 0.3) is 11.8 Å². The molecular weight excluding hydrogens is 366 g/mol. The average Bonchev–Trinajstić information content (AvgIpc) is 3.30. The fourth-order valence-corrected chi connectivity index (χ4v) is 3.43. The smallest absolute Gasteiger partial charge is 0.253 e. The largest absolute Gasteiger partial charge is 0.497 e. The van der Waals surface area contributed by atoms with E-state index in [1.807, 2.05) is 29.2 Å². The lowest BCUT2D eigenvalue weighted by molar-refractivity contribution is 0.0793. The van der Waals surface area contributed by atoms with Crippen LogP contribution in [0, 0.1) is 0 Å². The fraction of sp³-hybridized carbons (Fsp3) is 0.391. The van der Waals surface area contributed by atoms with E-state index in [0.717, 1.165) is 56.8 Å². The topological polar surface area (TPSA) is 70.7 Å². The van der Waals surface area contributed by atoms with Crippen LogP contribution in [0.3, 0.4) is 0 Å². The maximum atomic E-state index is 12.5. The molecule has 1 heterocycles. The Balaban J connectivity index is 1.39. The third kappa shape index (κ3) is 6.06. The minimum absolute atomic E-state index is 0.0129. The van der Waals surface area contributed by atoms with Crippen LogP contribution >= 0.6 is 0 Å². The van der Waals surface area contributed by atoms with Crippen LogP contribution in [0.15, 0.2) is 48.5 Å². The molecule has 0 spiro atoms. The van der Waals surface area contributed by atoms with Crippen molar-refractivity contribution in [2.75, 3.05) is 33.3 Å². The first-order chi connectivity index (χ1) is 14.2. The second-order valence-corrected chi connectivity index (χ2v) is 7.22. The molecule has 2 N–H and O–H groups in total. The van der Waals surface area contributed by atoms with Crippen molar-refractivity contribution in [3.8, 4) is 5.75 Å². The Hall–Kier alpha value is -2.86. The predicted molar refractivity (Wildman–Crippen MR) is 113 cm³/mol. The molecule has 1 aliphatic rings. The molecule has 29 heavy (non-hydrogen) atoms. The molecule has 0 unspecified atom stereocenters. The second-order valence-electron chi connectivity index (χ2n) is 7.22. The first kappa shape index (κ1) is 20.9. The molecule has 2 aromatic carbocycles. The summed E-state index contributed by atoms with van der Waals surface area (Å²) in [5.74, 6) is 0.717. The number of benzene rings is 2. The van der Waals surface area contributed by atoms with Crippen molar-refractivity contribution >= 4 is 11.8 Å². The standard InChI is InChI=1S/C23H29N3O3/c1-29-21-10-4-7-18(15-21)17-24-11-6-12-25-22(27)19-8-5-9-20(16-19)23(28)26-13-2-3-14-26/h4-5,7-10,15-16,24H,2-3,6,11-14,17H2,1H3,(H,25,27). The first-order valence-corrected chi connectivity index (χ1v) is 10.2. The maximum Gasteiger partial charge on any atom is 0.253 e. The first-order valence-electron chi connectivity index (χ1n) is 10.2. The number of carbonyl (C=O) groups excluding carboxylic acids is 2. The van der Waals surface area contributed by atoms with Crippen molar-refractivity contribution in [3.05, 3.63) is 65.2 Å². The van der Waals surface area contributed by atoms with Gasteiger partial charge in [-0.25, -0.2) is 0 Å². The molecule has 6 heteroatoms. The molecule has 1 aliphatic heterocycles. The third-order valence-electron chi connectivity index (χ3n) is 5.04. The minimum atomic E-state index is -0.145. The monoisotopic (exact) mass is 395 g/mol. The van der Waals surface area contributed by atoms with Crippen LogP contribution in [0.1, 0.15) is 45.5 Å². The number of hydrogen-bond acceptors (Lipinski definition) is 4. The molecule has 154 valence electrons. The van der Waals surface area contributed by atoms with Crippen LogP contribution < -0.4 is 15.4 Å². The van der Waals surface area contributed by atoms with Gasteiger partial charge in [0, 0.05) is 37.3 Å². The summed E-state index contributed by atoms with van der Waals surface area (Å²) < 4.78 is 5.22. The van der Waals surface area contributed by atoms with Crippen LogP contribution in [0.4, 0.5) is 0 Å². The zero-order valence-corrected chi connectivity index (χ0v) is 16.9. The Kier molecular flexibility index (Phi) is 7.64. The van der Waals surface area contributed by atoms with E-state index in [2.05, 4.69) is 10.6 Å². The van der Waals surface area contributed by atoms with E-state index in [1.54, 1.807) is 31.4 Å². The van der Waals surface area contributed by atoms with Crippen molar-refractivity contribution in [3.63, 3.8) is 0 Å². The van der Waals surface area contributed by atoms with E-state index in [-0.39, 0.29) is 11.8 Å². The highest BCUT2D eigenvalue weighted by Crippen LogP contribution is 2.14. The summed E-state index contributed by atoms with van der Waals surface area (Å²) in [4.78, 5) is 26.7. The van der Waals surface area contributed by atoms with Crippen molar-refractivity contribution in [1.29, 1.82) is 0 Å². The highest BCUT2D eigenvalue weighted by molar-refractivity contribution is 5.99. The van der Waals surface area contributed by atoms with Gasteiger partial charge in [-0.1, -0.05) is 18.2 Å². The van der Waals surface area contributed by atoms with Gasteiger partial charge in [0.15, 0.2) is 0 Å². The number of nitrogens with zero attached hydrogens (tertiary/aromatic N) is 1. The van der Waals surface area contributed by atoms with E-state index >= 15 is 0 Å². The van der Waals surface area contributed by atoms with E-state index in [4.69, 9.17) is 4.74 Å². The molecule has 6 nitrogen and oxygen atoms in total. The predicted octanol–water partition coefficient (Wildman–Crippen LogP) is 2.84. The Labute approximate surface area is 172 Å². The van der Waals surface area contributed by atoms with Gasteiger partial charge in [-0.2, -0.15) is 0 Å². The second kappa shape index (κ2) is 10.6. The fourth-order valence-electron chi connectivity index (χ4n) is 3.43. The number of ether oxygens (including phenoxy) is 1. The van der Waals surface area contributed by atoms with Gasteiger partial charge in [-0.3, -0.25) is 9.59 Å². The van der Waals surface area contributed by atoms with E-state index in [1.165, 1.54) is 0 Å². The number of amides is 2. The van der Waals surface area contributed by atoms with Crippen LogP contribution in [0.5, 0.6) is 5.75 Å². The third-order valence-corrected chi connectivity index (χ3v) is 5.04. The lowest BCUT2D eigenvalue weighted by Crippen LogP contribution is -2.29. The Bertz CT molecular complexity index is 832. The molecule has 1 saturated heterocycles. The van der Waals surface area contributed by atoms with Gasteiger partial charge in [-0.15, -0.1) is 0 Å². The van der Waals surface area contributed by atoms with Gasteiger partial charge >= 0.3 is 0 Å². The molecule has 0 radical (unpaired) electrons. The highest BCUT2D eigenvalue weighted by Gasteiger charge is 2.20. The summed E-state index contributed by atoms with van der Waals surface area (Å²) in [7, 11) is 1.66. The molecule has 2 amide bonds. The molecule has 0 saturated carbocycles.